The Morgan fingerprint density at radius 2 is 2.18 bits per heavy atom. The van der Waals surface area contributed by atoms with Crippen LogP contribution < -0.4 is 5.32 Å². The van der Waals surface area contributed by atoms with Crippen LogP contribution in [0.3, 0.4) is 0 Å². The third-order valence-electron chi connectivity index (χ3n) is 3.80. The van der Waals surface area contributed by atoms with Gasteiger partial charge in [0.05, 0.1) is 10.7 Å². The van der Waals surface area contributed by atoms with Gasteiger partial charge in [0, 0.05) is 25.7 Å². The topological polar surface area (TPSA) is 63.1 Å². The molecule has 2 aromatic rings. The number of aromatic nitrogens is 3. The number of halogens is 1. The van der Waals surface area contributed by atoms with Crippen LogP contribution in [0.5, 0.6) is 0 Å². The molecule has 1 aliphatic heterocycles. The molecule has 0 radical (unpaired) electrons. The molecule has 1 N–H and O–H groups in total. The first-order chi connectivity index (χ1) is 10.6. The standard InChI is InChI=1S/C15H18ClN5O/c1-10-9-17-7-8-20(10)15(22)14-18-11(2)21(19-14)13-6-4-3-5-12(13)16/h3-6,10,17H,7-9H2,1-2H3. The normalized spacial score (nSPS) is 18.5. The molecule has 1 unspecified atom stereocenters. The smallest absolute Gasteiger partial charge is 0.293 e. The lowest BCUT2D eigenvalue weighted by atomic mass is 10.2. The number of piperazine rings is 1. The molecular formula is C15H18ClN5O. The first kappa shape index (κ1) is 15.0. The maximum Gasteiger partial charge on any atom is 0.293 e. The number of benzene rings is 1. The minimum Gasteiger partial charge on any atom is -0.331 e. The Balaban J connectivity index is 1.92. The highest BCUT2D eigenvalue weighted by molar-refractivity contribution is 6.32. The lowest BCUT2D eigenvalue weighted by Crippen LogP contribution is -2.52. The Morgan fingerprint density at radius 1 is 1.41 bits per heavy atom. The van der Waals surface area contributed by atoms with Crippen molar-refractivity contribution in [2.45, 2.75) is 19.9 Å². The minimum atomic E-state index is -0.136. The number of carbonyl (C=O) groups excluding carboxylic acids is 1. The van der Waals surface area contributed by atoms with Crippen molar-refractivity contribution in [2.75, 3.05) is 19.6 Å². The predicted octanol–water partition coefficient (Wildman–Crippen LogP) is 1.66. The van der Waals surface area contributed by atoms with Crippen molar-refractivity contribution < 1.29 is 4.79 Å². The summed E-state index contributed by atoms with van der Waals surface area (Å²) >= 11 is 6.20. The van der Waals surface area contributed by atoms with Crippen LogP contribution in [0.4, 0.5) is 0 Å². The van der Waals surface area contributed by atoms with Crippen LogP contribution in [0.1, 0.15) is 23.4 Å². The number of nitrogens with zero attached hydrogens (tertiary/aromatic N) is 4. The molecule has 6 nitrogen and oxygen atoms in total. The van der Waals surface area contributed by atoms with E-state index >= 15 is 0 Å². The van der Waals surface area contributed by atoms with Gasteiger partial charge in [-0.3, -0.25) is 4.79 Å². The van der Waals surface area contributed by atoms with Crippen molar-refractivity contribution in [1.29, 1.82) is 0 Å². The first-order valence-electron chi connectivity index (χ1n) is 7.28. The van der Waals surface area contributed by atoms with Crippen LogP contribution in [0.25, 0.3) is 5.69 Å². The van der Waals surface area contributed by atoms with Gasteiger partial charge in [0.2, 0.25) is 5.82 Å². The Kier molecular flexibility index (Phi) is 4.13. The molecule has 1 fully saturated rings. The summed E-state index contributed by atoms with van der Waals surface area (Å²) in [6.07, 6.45) is 0. The molecule has 1 amide bonds. The Morgan fingerprint density at radius 3 is 2.91 bits per heavy atom. The molecule has 0 saturated carbocycles. The monoisotopic (exact) mass is 319 g/mol. The molecular weight excluding hydrogens is 302 g/mol. The average molecular weight is 320 g/mol. The summed E-state index contributed by atoms with van der Waals surface area (Å²) in [6, 6.07) is 7.51. The van der Waals surface area contributed by atoms with Crippen LogP contribution >= 0.6 is 11.6 Å². The van der Waals surface area contributed by atoms with Gasteiger partial charge in [-0.1, -0.05) is 23.7 Å². The Hall–Kier alpha value is -1.92. The molecule has 1 atom stereocenters. The zero-order valence-corrected chi connectivity index (χ0v) is 13.3. The average Bonchev–Trinajstić information content (AvgIpc) is 2.89. The van der Waals surface area contributed by atoms with Crippen LogP contribution in [-0.4, -0.2) is 51.2 Å². The quantitative estimate of drug-likeness (QED) is 0.914. The van der Waals surface area contributed by atoms with Crippen LogP contribution in [0.2, 0.25) is 5.02 Å². The van der Waals surface area contributed by atoms with E-state index in [0.717, 1.165) is 18.8 Å². The Labute approximate surface area is 134 Å². The van der Waals surface area contributed by atoms with E-state index in [4.69, 9.17) is 11.6 Å². The van der Waals surface area contributed by atoms with Crippen molar-refractivity contribution in [3.8, 4) is 5.69 Å². The van der Waals surface area contributed by atoms with E-state index in [2.05, 4.69) is 15.4 Å². The zero-order chi connectivity index (χ0) is 15.7. The molecule has 0 spiro atoms. The van der Waals surface area contributed by atoms with Gasteiger partial charge in [-0.2, -0.15) is 0 Å². The summed E-state index contributed by atoms with van der Waals surface area (Å²) in [5.74, 6) is 0.716. The van der Waals surface area contributed by atoms with E-state index in [9.17, 15) is 4.79 Å². The Bertz CT molecular complexity index is 699. The second kappa shape index (κ2) is 6.06. The van der Waals surface area contributed by atoms with E-state index in [-0.39, 0.29) is 17.8 Å². The molecule has 1 aliphatic rings. The molecule has 2 heterocycles. The minimum absolute atomic E-state index is 0.133. The van der Waals surface area contributed by atoms with Gasteiger partial charge < -0.3 is 10.2 Å². The fraction of sp³-hybridized carbons (Fsp3) is 0.400. The van der Waals surface area contributed by atoms with Crippen LogP contribution in [0.15, 0.2) is 24.3 Å². The summed E-state index contributed by atoms with van der Waals surface area (Å²) in [4.78, 5) is 18.7. The summed E-state index contributed by atoms with van der Waals surface area (Å²) < 4.78 is 1.61. The third kappa shape index (κ3) is 2.71. The van der Waals surface area contributed by atoms with Gasteiger partial charge in [-0.25, -0.2) is 9.67 Å². The summed E-state index contributed by atoms with van der Waals surface area (Å²) in [5, 5.41) is 8.20. The van der Waals surface area contributed by atoms with E-state index < -0.39 is 0 Å². The van der Waals surface area contributed by atoms with Crippen molar-refractivity contribution in [2.24, 2.45) is 0 Å². The fourth-order valence-electron chi connectivity index (χ4n) is 2.60. The number of rotatable bonds is 2. The van der Waals surface area contributed by atoms with Gasteiger partial charge in [-0.05, 0) is 26.0 Å². The lowest BCUT2D eigenvalue weighted by molar-refractivity contribution is 0.0643. The fourth-order valence-corrected chi connectivity index (χ4v) is 2.82. The summed E-state index contributed by atoms with van der Waals surface area (Å²) in [7, 11) is 0. The number of hydrogen-bond donors (Lipinski definition) is 1. The molecule has 1 saturated heterocycles. The maximum absolute atomic E-state index is 12.6. The van der Waals surface area contributed by atoms with E-state index in [1.807, 2.05) is 36.9 Å². The van der Waals surface area contributed by atoms with Gasteiger partial charge in [0.15, 0.2) is 0 Å². The van der Waals surface area contributed by atoms with Crippen molar-refractivity contribution in [1.82, 2.24) is 25.0 Å². The SMILES string of the molecule is Cc1nc(C(=O)N2CCNCC2C)nn1-c1ccccc1Cl. The lowest BCUT2D eigenvalue weighted by Gasteiger charge is -2.33. The summed E-state index contributed by atoms with van der Waals surface area (Å²) in [6.45, 7) is 6.08. The second-order valence-electron chi connectivity index (χ2n) is 5.40. The number of para-hydroxylation sites is 1. The molecule has 1 aromatic heterocycles. The van der Waals surface area contributed by atoms with Crippen molar-refractivity contribution >= 4 is 17.5 Å². The maximum atomic E-state index is 12.6. The van der Waals surface area contributed by atoms with Gasteiger partial charge in [0.1, 0.15) is 5.82 Å². The van der Waals surface area contributed by atoms with E-state index in [0.29, 0.717) is 17.4 Å². The number of nitrogens with one attached hydrogen (secondary N) is 1. The van der Waals surface area contributed by atoms with E-state index in [1.54, 1.807) is 10.7 Å². The zero-order valence-electron chi connectivity index (χ0n) is 12.6. The molecule has 116 valence electrons. The highest BCUT2D eigenvalue weighted by Crippen LogP contribution is 2.20. The molecule has 7 heteroatoms. The van der Waals surface area contributed by atoms with Gasteiger partial charge in [-0.15, -0.1) is 5.10 Å². The van der Waals surface area contributed by atoms with E-state index in [1.165, 1.54) is 0 Å². The summed E-state index contributed by atoms with van der Waals surface area (Å²) in [5.41, 5.74) is 0.724. The molecule has 22 heavy (non-hydrogen) atoms. The largest absolute Gasteiger partial charge is 0.331 e. The number of carbonyl (C=O) groups is 1. The van der Waals surface area contributed by atoms with Gasteiger partial charge in [0.25, 0.3) is 5.91 Å². The second-order valence-corrected chi connectivity index (χ2v) is 5.80. The highest BCUT2D eigenvalue weighted by Gasteiger charge is 2.27. The molecule has 3 rings (SSSR count). The highest BCUT2D eigenvalue weighted by atomic mass is 35.5. The van der Waals surface area contributed by atoms with Crippen molar-refractivity contribution in [3.05, 3.63) is 40.9 Å². The number of aryl methyl sites for hydroxylation is 1. The van der Waals surface area contributed by atoms with Crippen LogP contribution in [-0.2, 0) is 0 Å². The van der Waals surface area contributed by atoms with Gasteiger partial charge >= 0.3 is 0 Å². The molecule has 1 aromatic carbocycles. The third-order valence-corrected chi connectivity index (χ3v) is 4.12. The number of hydrogen-bond acceptors (Lipinski definition) is 4. The molecule has 0 aliphatic carbocycles. The first-order valence-corrected chi connectivity index (χ1v) is 7.66. The van der Waals surface area contributed by atoms with Crippen LogP contribution in [0, 0.1) is 6.92 Å². The molecule has 0 bridgehead atoms. The van der Waals surface area contributed by atoms with Crippen molar-refractivity contribution in [3.63, 3.8) is 0 Å². The number of amides is 1. The predicted molar refractivity (Wildman–Crippen MR) is 84.5 cm³/mol.